The van der Waals surface area contributed by atoms with Crippen molar-refractivity contribution < 1.29 is 0 Å². The first-order valence-corrected chi connectivity index (χ1v) is 20.1. The van der Waals surface area contributed by atoms with Crippen LogP contribution in [-0.2, 0) is 5.41 Å². The second kappa shape index (κ2) is 12.3. The molecule has 0 N–H and O–H groups in total. The molecule has 1 aliphatic rings. The van der Waals surface area contributed by atoms with E-state index in [9.17, 15) is 0 Å². The maximum atomic E-state index is 4.77. The van der Waals surface area contributed by atoms with Gasteiger partial charge < -0.3 is 4.57 Å². The Hall–Kier alpha value is -7.36. The van der Waals surface area contributed by atoms with Gasteiger partial charge in [-0.25, -0.2) is 0 Å². The lowest BCUT2D eigenvalue weighted by atomic mass is 9.80. The zero-order chi connectivity index (χ0) is 38.5. The van der Waals surface area contributed by atoms with Crippen LogP contribution in [-0.4, -0.2) is 14.5 Å². The van der Waals surface area contributed by atoms with Crippen LogP contribution in [0.5, 0.6) is 0 Å². The van der Waals surface area contributed by atoms with Crippen LogP contribution in [0.1, 0.15) is 25.0 Å². The third-order valence-corrected chi connectivity index (χ3v) is 12.7. The second-order valence-electron chi connectivity index (χ2n) is 16.2. The molecule has 0 spiro atoms. The van der Waals surface area contributed by atoms with Gasteiger partial charge in [0.2, 0.25) is 0 Å². The second-order valence-corrected chi connectivity index (χ2v) is 16.2. The van der Waals surface area contributed by atoms with Crippen LogP contribution in [0.2, 0.25) is 0 Å². The maximum Gasteiger partial charge on any atom is 0.0971 e. The lowest BCUT2D eigenvalue weighted by Crippen LogP contribution is -2.15. The first kappa shape index (κ1) is 32.8. The smallest absolute Gasteiger partial charge is 0.0971 e. The van der Waals surface area contributed by atoms with Gasteiger partial charge in [0.25, 0.3) is 0 Å². The van der Waals surface area contributed by atoms with E-state index in [1.54, 1.807) is 12.4 Å². The Morgan fingerprint density at radius 2 is 0.862 bits per heavy atom. The summed E-state index contributed by atoms with van der Waals surface area (Å²) in [5, 5.41) is 7.20. The minimum Gasteiger partial charge on any atom is -0.309 e. The Morgan fingerprint density at radius 3 is 1.55 bits per heavy atom. The molecule has 0 amide bonds. The number of hydrogen-bond acceptors (Lipinski definition) is 2. The summed E-state index contributed by atoms with van der Waals surface area (Å²) in [5.41, 5.74) is 18.0. The summed E-state index contributed by atoms with van der Waals surface area (Å²) in [6.07, 6.45) is 3.58. The van der Waals surface area contributed by atoms with Gasteiger partial charge in [-0.3, -0.25) is 9.97 Å². The predicted octanol–water partition coefficient (Wildman–Crippen LogP) is 14.3. The van der Waals surface area contributed by atoms with E-state index in [1.807, 2.05) is 0 Å². The van der Waals surface area contributed by atoms with Crippen molar-refractivity contribution >= 4 is 54.4 Å². The van der Waals surface area contributed by atoms with Crippen LogP contribution in [0.15, 0.2) is 188 Å². The van der Waals surface area contributed by atoms with Crippen molar-refractivity contribution in [1.82, 2.24) is 14.5 Å². The van der Waals surface area contributed by atoms with Crippen LogP contribution < -0.4 is 0 Å². The number of rotatable bonds is 4. The highest BCUT2D eigenvalue weighted by Crippen LogP contribution is 2.51. The number of hydrogen-bond donors (Lipinski definition) is 0. The lowest BCUT2D eigenvalue weighted by Gasteiger charge is -2.23. The standard InChI is InChI=1S/C55H37N3/c1-55(2)49-32-38(35-12-10-11-34(29-35)37-22-26-52-48(31-37)44-16-8-9-18-51(44)58(52)40-13-4-3-5-14-40)19-23-42(49)43-24-20-39(33-50(43)55)36-21-25-46-47(30-36)41-15-6-7-17-45(41)53-54(46)57-28-27-56-53/h3-33H,1-2H3. The van der Waals surface area contributed by atoms with Crippen molar-refractivity contribution in [3.63, 3.8) is 0 Å². The average Bonchev–Trinajstić information content (AvgIpc) is 3.74. The van der Waals surface area contributed by atoms with E-state index in [4.69, 9.17) is 9.97 Å². The van der Waals surface area contributed by atoms with Crippen molar-refractivity contribution in [2.75, 3.05) is 0 Å². The quantitative estimate of drug-likeness (QED) is 0.168. The number of fused-ring (bicyclic) bond motifs is 12. The molecule has 9 aromatic carbocycles. The van der Waals surface area contributed by atoms with Crippen LogP contribution in [0, 0.1) is 0 Å². The van der Waals surface area contributed by atoms with Gasteiger partial charge >= 0.3 is 0 Å². The SMILES string of the molecule is CC1(C)c2cc(-c3cccc(-c4ccc5c(c4)c4ccccc4n5-c4ccccc4)c3)ccc2-c2ccc(-c3ccc4c(c3)c3ccccc3c3nccnc43)cc21. The third-order valence-electron chi connectivity index (χ3n) is 12.7. The Labute approximate surface area is 336 Å². The number of para-hydroxylation sites is 2. The van der Waals surface area contributed by atoms with E-state index in [-0.39, 0.29) is 5.41 Å². The molecule has 58 heavy (non-hydrogen) atoms. The molecule has 3 heteroatoms. The fraction of sp³-hybridized carbons (Fsp3) is 0.0545. The monoisotopic (exact) mass is 739 g/mol. The highest BCUT2D eigenvalue weighted by atomic mass is 15.0. The van der Waals surface area contributed by atoms with Gasteiger partial charge in [0, 0.05) is 45.0 Å². The molecule has 0 bridgehead atoms. The van der Waals surface area contributed by atoms with Crippen LogP contribution in [0.4, 0.5) is 0 Å². The van der Waals surface area contributed by atoms with E-state index in [0.29, 0.717) is 0 Å². The van der Waals surface area contributed by atoms with Crippen molar-refractivity contribution in [1.29, 1.82) is 0 Å². The molecule has 12 rings (SSSR count). The molecule has 11 aromatic rings. The van der Waals surface area contributed by atoms with Gasteiger partial charge in [-0.05, 0) is 121 Å². The van der Waals surface area contributed by atoms with Crippen LogP contribution in [0.25, 0.3) is 105 Å². The lowest BCUT2D eigenvalue weighted by molar-refractivity contribution is 0.661. The van der Waals surface area contributed by atoms with Crippen molar-refractivity contribution in [2.45, 2.75) is 19.3 Å². The van der Waals surface area contributed by atoms with E-state index < -0.39 is 0 Å². The molecule has 2 aromatic heterocycles. The summed E-state index contributed by atoms with van der Waals surface area (Å²) < 4.78 is 2.37. The highest BCUT2D eigenvalue weighted by Gasteiger charge is 2.36. The largest absolute Gasteiger partial charge is 0.309 e. The Morgan fingerprint density at radius 1 is 0.362 bits per heavy atom. The maximum absolute atomic E-state index is 4.77. The fourth-order valence-corrected chi connectivity index (χ4v) is 9.79. The molecular weight excluding hydrogens is 703 g/mol. The summed E-state index contributed by atoms with van der Waals surface area (Å²) in [4.78, 5) is 9.49. The Balaban J connectivity index is 0.912. The molecular formula is C55H37N3. The van der Waals surface area contributed by atoms with Crippen molar-refractivity contribution in [2.24, 2.45) is 0 Å². The number of nitrogens with zero attached hydrogens (tertiary/aromatic N) is 3. The zero-order valence-corrected chi connectivity index (χ0v) is 32.2. The minimum absolute atomic E-state index is 0.165. The van der Waals surface area contributed by atoms with Crippen LogP contribution >= 0.6 is 0 Å². The molecule has 0 fully saturated rings. The summed E-state index contributed by atoms with van der Waals surface area (Å²) in [6, 6.07) is 64.8. The molecule has 0 atom stereocenters. The van der Waals surface area contributed by atoms with E-state index in [1.165, 1.54) is 93.9 Å². The normalized spacial score (nSPS) is 13.1. The molecule has 3 nitrogen and oxygen atoms in total. The number of aromatic nitrogens is 3. The van der Waals surface area contributed by atoms with Crippen molar-refractivity contribution in [3.8, 4) is 50.2 Å². The minimum atomic E-state index is -0.165. The summed E-state index contributed by atoms with van der Waals surface area (Å²) >= 11 is 0. The van der Waals surface area contributed by atoms with Gasteiger partial charge in [0.15, 0.2) is 0 Å². The van der Waals surface area contributed by atoms with E-state index >= 15 is 0 Å². The topological polar surface area (TPSA) is 30.7 Å². The zero-order valence-electron chi connectivity index (χ0n) is 32.2. The predicted molar refractivity (Wildman–Crippen MR) is 243 cm³/mol. The summed E-state index contributed by atoms with van der Waals surface area (Å²) in [6.45, 7) is 4.75. The average molecular weight is 740 g/mol. The third kappa shape index (κ3) is 4.80. The van der Waals surface area contributed by atoms with Crippen LogP contribution in [0.3, 0.4) is 0 Å². The van der Waals surface area contributed by atoms with Gasteiger partial charge in [-0.2, -0.15) is 0 Å². The van der Waals surface area contributed by atoms with Crippen molar-refractivity contribution in [3.05, 3.63) is 199 Å². The molecule has 0 saturated carbocycles. The van der Waals surface area contributed by atoms with E-state index in [0.717, 1.165) is 21.8 Å². The van der Waals surface area contributed by atoms with Gasteiger partial charge in [0.05, 0.1) is 22.1 Å². The van der Waals surface area contributed by atoms with Gasteiger partial charge in [-0.1, -0.05) is 135 Å². The molecule has 1 aliphatic carbocycles. The Bertz CT molecular complexity index is 3450. The summed E-state index contributed by atoms with van der Waals surface area (Å²) in [5.74, 6) is 0. The molecule has 0 saturated heterocycles. The molecule has 0 aliphatic heterocycles. The van der Waals surface area contributed by atoms with Gasteiger partial charge in [-0.15, -0.1) is 0 Å². The first-order chi connectivity index (χ1) is 28.5. The fourth-order valence-electron chi connectivity index (χ4n) is 9.79. The highest BCUT2D eigenvalue weighted by molar-refractivity contribution is 6.23. The first-order valence-electron chi connectivity index (χ1n) is 20.1. The van der Waals surface area contributed by atoms with E-state index in [2.05, 4.69) is 194 Å². The molecule has 2 heterocycles. The summed E-state index contributed by atoms with van der Waals surface area (Å²) in [7, 11) is 0. The molecule has 0 radical (unpaired) electrons. The molecule has 0 unspecified atom stereocenters. The molecule has 272 valence electrons. The van der Waals surface area contributed by atoms with Gasteiger partial charge in [0.1, 0.15) is 0 Å². The Kier molecular flexibility index (Phi) is 6.98. The number of benzene rings is 9.